The van der Waals surface area contributed by atoms with Gasteiger partial charge in [0.15, 0.2) is 22.8 Å². The van der Waals surface area contributed by atoms with E-state index < -0.39 is 17.9 Å². The van der Waals surface area contributed by atoms with Crippen molar-refractivity contribution < 1.29 is 47.5 Å². The van der Waals surface area contributed by atoms with Crippen LogP contribution >= 0.6 is 46.4 Å². The van der Waals surface area contributed by atoms with E-state index in [2.05, 4.69) is 24.8 Å². The molecule has 0 aliphatic carbocycles. The van der Waals surface area contributed by atoms with Gasteiger partial charge in [-0.2, -0.15) is 4.98 Å². The Morgan fingerprint density at radius 3 is 1.67 bits per heavy atom. The second kappa shape index (κ2) is 17.2. The van der Waals surface area contributed by atoms with Gasteiger partial charge in [-0.3, -0.25) is 0 Å². The summed E-state index contributed by atoms with van der Waals surface area (Å²) in [6, 6.07) is 22.4. The first-order chi connectivity index (χ1) is 25.8. The number of carboxylic acid groups (broad SMARTS) is 1. The van der Waals surface area contributed by atoms with Crippen molar-refractivity contribution in [3.8, 4) is 23.0 Å². The first-order valence-corrected chi connectivity index (χ1v) is 16.5. The number of ether oxygens (including phenoxy) is 2. The van der Waals surface area contributed by atoms with Gasteiger partial charge in [0.1, 0.15) is 0 Å². The normalized spacial score (nSPS) is 11.0. The number of esters is 2. The molecule has 18 heteroatoms. The highest BCUT2D eigenvalue weighted by Crippen LogP contribution is 2.36. The van der Waals surface area contributed by atoms with E-state index in [1.165, 1.54) is 20.3 Å². The average Bonchev–Trinajstić information content (AvgIpc) is 3.98. The highest BCUT2D eigenvalue weighted by molar-refractivity contribution is 6.40. The lowest BCUT2D eigenvalue weighted by molar-refractivity contribution is 0.0592. The molecule has 4 aromatic carbocycles. The number of amidine groups is 1. The third-order valence-corrected chi connectivity index (χ3v) is 8.54. The van der Waals surface area contributed by atoms with Crippen LogP contribution in [0.4, 0.5) is 0 Å². The molecule has 0 saturated carbocycles. The molecule has 0 aliphatic heterocycles. The molecule has 276 valence electrons. The fourth-order valence-electron chi connectivity index (χ4n) is 4.59. The number of oxime groups is 1. The van der Waals surface area contributed by atoms with Gasteiger partial charge in [0, 0.05) is 28.0 Å². The van der Waals surface area contributed by atoms with Gasteiger partial charge in [0.25, 0.3) is 5.89 Å². The number of methoxy groups -OCH3 is 2. The van der Waals surface area contributed by atoms with Gasteiger partial charge >= 0.3 is 17.9 Å². The van der Waals surface area contributed by atoms with Crippen molar-refractivity contribution in [3.63, 3.8) is 0 Å². The molecule has 0 spiro atoms. The van der Waals surface area contributed by atoms with Gasteiger partial charge < -0.3 is 38.9 Å². The Morgan fingerprint density at radius 1 is 0.704 bits per heavy atom. The summed E-state index contributed by atoms with van der Waals surface area (Å²) in [6.07, 6.45) is 0. The van der Waals surface area contributed by atoms with E-state index in [0.717, 1.165) is 0 Å². The molecule has 0 aliphatic rings. The maximum atomic E-state index is 11.5. The van der Waals surface area contributed by atoms with E-state index in [0.29, 0.717) is 75.9 Å². The van der Waals surface area contributed by atoms with E-state index in [-0.39, 0.29) is 17.5 Å². The molecular weight excluding hydrogens is 790 g/mol. The molecule has 0 fully saturated rings. The lowest BCUT2D eigenvalue weighted by Gasteiger charge is -2.00. The molecule has 0 amide bonds. The quantitative estimate of drug-likeness (QED) is 0.0470. The summed E-state index contributed by atoms with van der Waals surface area (Å²) in [4.78, 5) is 37.5. The summed E-state index contributed by atoms with van der Waals surface area (Å²) >= 11 is 23.9. The monoisotopic (exact) mass is 812 g/mol. The first-order valence-electron chi connectivity index (χ1n) is 15.0. The van der Waals surface area contributed by atoms with E-state index in [1.807, 2.05) is 0 Å². The fourth-order valence-corrected chi connectivity index (χ4v) is 5.41. The van der Waals surface area contributed by atoms with Crippen LogP contribution in [-0.4, -0.2) is 58.4 Å². The number of carboxylic acids is 1. The third-order valence-electron chi connectivity index (χ3n) is 7.29. The van der Waals surface area contributed by atoms with Gasteiger partial charge in [0.2, 0.25) is 11.6 Å². The molecule has 14 nitrogen and oxygen atoms in total. The number of hydrogen-bond acceptors (Lipinski definition) is 12. The standard InChI is InChI=1S/C18H10Cl2N2O4.C9H4Cl2O3.C9H10N2O3/c1-24-18(23)10-4-2-9(3-5-10)16-21-17(26-22-16)14-8-11-12(19)6-7-13(20)15(11)25-14;10-5-1-2-6(11)8-4(5)3-7(14-8)9(12)13;1-14-9(12)7-4-2-6(3-5-7)8(10)11-13/h2-8H,1H3;1-3H,(H,12,13);2-5,13H,1H3,(H2,10,11). The van der Waals surface area contributed by atoms with Gasteiger partial charge in [-0.15, -0.1) is 0 Å². The van der Waals surface area contributed by atoms with Gasteiger partial charge in [0.05, 0.1) is 45.4 Å². The number of nitrogens with zero attached hydrogens (tertiary/aromatic N) is 3. The molecule has 54 heavy (non-hydrogen) atoms. The molecule has 3 aromatic heterocycles. The second-order valence-corrected chi connectivity index (χ2v) is 12.2. The molecule has 0 unspecified atom stereocenters. The minimum absolute atomic E-state index is 0.00131. The Morgan fingerprint density at radius 2 is 1.19 bits per heavy atom. The van der Waals surface area contributed by atoms with Crippen LogP contribution in [-0.2, 0) is 9.47 Å². The topological polar surface area (TPSA) is 214 Å². The van der Waals surface area contributed by atoms with Crippen LogP contribution in [0.25, 0.3) is 45.0 Å². The Kier molecular flexibility index (Phi) is 12.5. The Labute approximate surface area is 324 Å². The SMILES string of the molecule is COC(=O)c1ccc(-c2noc(-c3cc4c(Cl)ccc(Cl)c4o3)n2)cc1.COC(=O)c1ccc(/C(N)=N\O)cc1.O=C(O)c1cc2c(Cl)ccc(Cl)c2o1. The molecule has 7 rings (SSSR count). The zero-order valence-corrected chi connectivity index (χ0v) is 30.7. The molecule has 0 bridgehead atoms. The second-order valence-electron chi connectivity index (χ2n) is 10.6. The predicted molar refractivity (Wildman–Crippen MR) is 200 cm³/mol. The highest BCUT2D eigenvalue weighted by Gasteiger charge is 2.18. The zero-order valence-electron chi connectivity index (χ0n) is 27.7. The lowest BCUT2D eigenvalue weighted by atomic mass is 10.1. The summed E-state index contributed by atoms with van der Waals surface area (Å²) in [5.41, 5.74) is 8.17. The first kappa shape index (κ1) is 39.2. The summed E-state index contributed by atoms with van der Waals surface area (Å²) in [6.45, 7) is 0. The Hall–Kier alpha value is -6.06. The molecule has 7 aromatic rings. The van der Waals surface area contributed by atoms with Crippen LogP contribution in [0.2, 0.25) is 20.1 Å². The third kappa shape index (κ3) is 8.76. The number of benzene rings is 4. The van der Waals surface area contributed by atoms with Crippen molar-refractivity contribution in [1.82, 2.24) is 10.1 Å². The van der Waals surface area contributed by atoms with Crippen LogP contribution in [0.1, 0.15) is 36.8 Å². The molecular formula is C36H24Cl4N4O10. The van der Waals surface area contributed by atoms with E-state index >= 15 is 0 Å². The Balaban J connectivity index is 0.000000170. The maximum Gasteiger partial charge on any atom is 0.371 e. The molecule has 4 N–H and O–H groups in total. The fraction of sp³-hybridized carbons (Fsp3) is 0.0556. The van der Waals surface area contributed by atoms with Crippen molar-refractivity contribution in [2.45, 2.75) is 0 Å². The molecule has 0 saturated heterocycles. The number of carbonyl (C=O) groups excluding carboxylic acids is 2. The molecule has 3 heterocycles. The zero-order chi connectivity index (χ0) is 39.1. The Bertz CT molecular complexity index is 2430. The number of aromatic nitrogens is 2. The summed E-state index contributed by atoms with van der Waals surface area (Å²) in [5, 5.41) is 26.7. The summed E-state index contributed by atoms with van der Waals surface area (Å²) < 4.78 is 25.2. The van der Waals surface area contributed by atoms with E-state index in [1.54, 1.807) is 78.9 Å². The van der Waals surface area contributed by atoms with Crippen molar-refractivity contribution in [3.05, 3.63) is 127 Å². The summed E-state index contributed by atoms with van der Waals surface area (Å²) in [5.74, 6) is -1.24. The van der Waals surface area contributed by atoms with Crippen LogP contribution in [0.5, 0.6) is 0 Å². The minimum atomic E-state index is -1.15. The van der Waals surface area contributed by atoms with Crippen molar-refractivity contribution in [2.75, 3.05) is 14.2 Å². The molecule has 0 radical (unpaired) electrons. The van der Waals surface area contributed by atoms with E-state index in [9.17, 15) is 14.4 Å². The van der Waals surface area contributed by atoms with Crippen molar-refractivity contribution >= 4 is 92.1 Å². The van der Waals surface area contributed by atoms with Crippen LogP contribution in [0.3, 0.4) is 0 Å². The number of fused-ring (bicyclic) bond motifs is 2. The van der Waals surface area contributed by atoms with Crippen molar-refractivity contribution in [2.24, 2.45) is 10.9 Å². The van der Waals surface area contributed by atoms with Crippen LogP contribution in [0, 0.1) is 0 Å². The lowest BCUT2D eigenvalue weighted by Crippen LogP contribution is -2.13. The number of nitrogens with two attached hydrogens (primary N) is 1. The number of halogens is 4. The molecule has 0 atom stereocenters. The smallest absolute Gasteiger partial charge is 0.371 e. The van der Waals surface area contributed by atoms with Gasteiger partial charge in [-0.05, 0) is 54.6 Å². The highest BCUT2D eigenvalue weighted by atomic mass is 35.5. The number of rotatable bonds is 6. The number of aromatic carboxylic acids is 1. The summed E-state index contributed by atoms with van der Waals surface area (Å²) in [7, 11) is 2.63. The predicted octanol–water partition coefficient (Wildman–Crippen LogP) is 9.25. The van der Waals surface area contributed by atoms with E-state index in [4.69, 9.17) is 75.8 Å². The minimum Gasteiger partial charge on any atom is -0.475 e. The maximum absolute atomic E-state index is 11.5. The van der Waals surface area contributed by atoms with Crippen molar-refractivity contribution in [1.29, 1.82) is 0 Å². The van der Waals surface area contributed by atoms with Crippen LogP contribution in [0.15, 0.2) is 103 Å². The number of carbonyl (C=O) groups is 3. The van der Waals surface area contributed by atoms with Crippen LogP contribution < -0.4 is 5.73 Å². The number of furan rings is 2. The largest absolute Gasteiger partial charge is 0.475 e. The van der Waals surface area contributed by atoms with Gasteiger partial charge in [-0.1, -0.05) is 81.0 Å². The number of hydrogen-bond donors (Lipinski definition) is 3. The average molecular weight is 814 g/mol. The van der Waals surface area contributed by atoms with Gasteiger partial charge in [-0.25, -0.2) is 14.4 Å².